The van der Waals surface area contributed by atoms with Crippen LogP contribution in [0.5, 0.6) is 0 Å². The Kier molecular flexibility index (Phi) is 4.86. The Morgan fingerprint density at radius 1 is 1.17 bits per heavy atom. The van der Waals surface area contributed by atoms with Gasteiger partial charge in [0.15, 0.2) is 0 Å². The van der Waals surface area contributed by atoms with E-state index in [1.807, 2.05) is 25.7 Å². The molecule has 0 saturated carbocycles. The third-order valence-electron chi connectivity index (χ3n) is 5.17. The normalized spacial score (nSPS) is 19.9. The Hall–Kier alpha value is -1.55. The molecule has 1 saturated heterocycles. The highest BCUT2D eigenvalue weighted by atomic mass is 16.6. The number of nitrogens with zero attached hydrogens (tertiary/aromatic N) is 2. The van der Waals surface area contributed by atoms with Crippen molar-refractivity contribution < 1.29 is 9.53 Å². The molecule has 4 heteroatoms. The van der Waals surface area contributed by atoms with Crippen LogP contribution in [0.2, 0.25) is 0 Å². The molecular formula is C20H30N2O2. The molecule has 0 N–H and O–H groups in total. The number of hydrogen-bond acceptors (Lipinski definition) is 3. The van der Waals surface area contributed by atoms with E-state index in [-0.39, 0.29) is 6.09 Å². The number of carbonyl (C=O) groups is 1. The van der Waals surface area contributed by atoms with E-state index < -0.39 is 5.60 Å². The van der Waals surface area contributed by atoms with E-state index in [0.717, 1.165) is 45.4 Å². The van der Waals surface area contributed by atoms with Crippen LogP contribution in [0.4, 0.5) is 4.79 Å². The van der Waals surface area contributed by atoms with Crippen molar-refractivity contribution in [3.63, 3.8) is 0 Å². The first-order chi connectivity index (χ1) is 11.3. The molecule has 1 amide bonds. The molecular weight excluding hydrogens is 300 g/mol. The number of fused-ring (bicyclic) bond motifs is 1. The number of rotatable bonds is 1. The van der Waals surface area contributed by atoms with Gasteiger partial charge in [0, 0.05) is 32.2 Å². The lowest BCUT2D eigenvalue weighted by molar-refractivity contribution is 0.0134. The molecule has 0 radical (unpaired) electrons. The molecule has 0 aliphatic carbocycles. The summed E-state index contributed by atoms with van der Waals surface area (Å²) in [5.74, 6) is 0. The van der Waals surface area contributed by atoms with Crippen LogP contribution >= 0.6 is 0 Å². The molecule has 132 valence electrons. The molecule has 2 heterocycles. The zero-order valence-electron chi connectivity index (χ0n) is 15.5. The van der Waals surface area contributed by atoms with Gasteiger partial charge < -0.3 is 9.64 Å². The first-order valence-electron chi connectivity index (χ1n) is 9.13. The second-order valence-electron chi connectivity index (χ2n) is 8.13. The molecule has 4 nitrogen and oxygen atoms in total. The van der Waals surface area contributed by atoms with E-state index in [4.69, 9.17) is 4.74 Å². The lowest BCUT2D eigenvalue weighted by Crippen LogP contribution is -2.49. The predicted molar refractivity (Wildman–Crippen MR) is 96.1 cm³/mol. The van der Waals surface area contributed by atoms with Crippen molar-refractivity contribution in [3.05, 3.63) is 34.9 Å². The Bertz CT molecular complexity index is 598. The van der Waals surface area contributed by atoms with Crippen LogP contribution in [0.25, 0.3) is 0 Å². The number of aryl methyl sites for hydroxylation is 1. The van der Waals surface area contributed by atoms with E-state index in [2.05, 4.69) is 30.0 Å². The summed E-state index contributed by atoms with van der Waals surface area (Å²) in [4.78, 5) is 16.7. The molecule has 24 heavy (non-hydrogen) atoms. The van der Waals surface area contributed by atoms with Gasteiger partial charge in [-0.2, -0.15) is 0 Å². The quantitative estimate of drug-likeness (QED) is 0.786. The van der Waals surface area contributed by atoms with Crippen molar-refractivity contribution in [1.29, 1.82) is 0 Å². The Morgan fingerprint density at radius 3 is 2.54 bits per heavy atom. The van der Waals surface area contributed by atoms with E-state index in [9.17, 15) is 4.79 Å². The maximum Gasteiger partial charge on any atom is 0.410 e. The van der Waals surface area contributed by atoms with Gasteiger partial charge in [-0.05, 0) is 63.6 Å². The predicted octanol–water partition coefficient (Wildman–Crippen LogP) is 3.75. The van der Waals surface area contributed by atoms with Crippen LogP contribution in [0.3, 0.4) is 0 Å². The monoisotopic (exact) mass is 330 g/mol. The fourth-order valence-corrected chi connectivity index (χ4v) is 3.82. The summed E-state index contributed by atoms with van der Waals surface area (Å²) in [7, 11) is 0. The largest absolute Gasteiger partial charge is 0.444 e. The van der Waals surface area contributed by atoms with Crippen LogP contribution in [-0.2, 0) is 17.7 Å². The number of hydrogen-bond donors (Lipinski definition) is 0. The summed E-state index contributed by atoms with van der Waals surface area (Å²) in [6, 6.07) is 7.23. The standard InChI is InChI=1S/C20H30N2O2/c1-15-6-5-7-16-8-11-22(14-18(15)16)17-9-12-21(13-10-17)19(23)24-20(2,3)4/h5-7,17H,8-14H2,1-4H3. The first kappa shape index (κ1) is 17.3. The van der Waals surface area contributed by atoms with Crippen LogP contribution < -0.4 is 0 Å². The number of amides is 1. The van der Waals surface area contributed by atoms with Crippen molar-refractivity contribution in [2.45, 2.75) is 65.1 Å². The summed E-state index contributed by atoms with van der Waals surface area (Å²) >= 11 is 0. The highest BCUT2D eigenvalue weighted by Crippen LogP contribution is 2.27. The highest BCUT2D eigenvalue weighted by molar-refractivity contribution is 5.68. The number of piperidine rings is 1. The van der Waals surface area contributed by atoms with Crippen molar-refractivity contribution in [2.75, 3.05) is 19.6 Å². The molecule has 1 fully saturated rings. The van der Waals surface area contributed by atoms with Gasteiger partial charge in [0.25, 0.3) is 0 Å². The minimum atomic E-state index is -0.415. The van der Waals surface area contributed by atoms with Crippen molar-refractivity contribution in [2.24, 2.45) is 0 Å². The fraction of sp³-hybridized carbons (Fsp3) is 0.650. The van der Waals surface area contributed by atoms with E-state index in [1.165, 1.54) is 16.7 Å². The van der Waals surface area contributed by atoms with Gasteiger partial charge in [-0.15, -0.1) is 0 Å². The molecule has 0 bridgehead atoms. The Morgan fingerprint density at radius 2 is 1.88 bits per heavy atom. The fourth-order valence-electron chi connectivity index (χ4n) is 3.82. The number of likely N-dealkylation sites (tertiary alicyclic amines) is 1. The maximum absolute atomic E-state index is 12.2. The molecule has 0 aromatic heterocycles. The lowest BCUT2D eigenvalue weighted by Gasteiger charge is -2.41. The second-order valence-corrected chi connectivity index (χ2v) is 8.13. The maximum atomic E-state index is 12.2. The van der Waals surface area contributed by atoms with Gasteiger partial charge in [0.05, 0.1) is 0 Å². The smallest absolute Gasteiger partial charge is 0.410 e. The van der Waals surface area contributed by atoms with Crippen molar-refractivity contribution in [3.8, 4) is 0 Å². The first-order valence-corrected chi connectivity index (χ1v) is 9.13. The van der Waals surface area contributed by atoms with E-state index >= 15 is 0 Å². The molecule has 1 aromatic rings. The number of benzene rings is 1. The summed E-state index contributed by atoms with van der Waals surface area (Å²) in [5.41, 5.74) is 4.02. The molecule has 1 aromatic carbocycles. The van der Waals surface area contributed by atoms with Gasteiger partial charge in [0.2, 0.25) is 0 Å². The zero-order valence-corrected chi connectivity index (χ0v) is 15.5. The van der Waals surface area contributed by atoms with E-state index in [0.29, 0.717) is 6.04 Å². The third-order valence-corrected chi connectivity index (χ3v) is 5.17. The minimum Gasteiger partial charge on any atom is -0.444 e. The van der Waals surface area contributed by atoms with Gasteiger partial charge in [-0.3, -0.25) is 4.90 Å². The highest BCUT2D eigenvalue weighted by Gasteiger charge is 2.31. The number of ether oxygens (including phenoxy) is 1. The molecule has 2 aliphatic heterocycles. The van der Waals surface area contributed by atoms with Crippen LogP contribution in [0.15, 0.2) is 18.2 Å². The lowest BCUT2D eigenvalue weighted by atomic mass is 9.93. The summed E-state index contributed by atoms with van der Waals surface area (Å²) in [6.07, 6.45) is 3.06. The van der Waals surface area contributed by atoms with Crippen molar-refractivity contribution >= 4 is 6.09 Å². The van der Waals surface area contributed by atoms with Gasteiger partial charge >= 0.3 is 6.09 Å². The van der Waals surface area contributed by atoms with Crippen LogP contribution in [0.1, 0.15) is 50.3 Å². The van der Waals surface area contributed by atoms with Gasteiger partial charge in [-0.1, -0.05) is 18.2 Å². The minimum absolute atomic E-state index is 0.166. The molecule has 0 unspecified atom stereocenters. The molecule has 0 atom stereocenters. The second kappa shape index (κ2) is 6.75. The summed E-state index contributed by atoms with van der Waals surface area (Å²) in [6.45, 7) is 11.8. The van der Waals surface area contributed by atoms with Crippen LogP contribution in [0, 0.1) is 6.92 Å². The number of carbonyl (C=O) groups excluding carboxylic acids is 1. The third kappa shape index (κ3) is 3.92. The average Bonchev–Trinajstić information content (AvgIpc) is 2.53. The summed E-state index contributed by atoms with van der Waals surface area (Å²) in [5, 5.41) is 0. The molecule has 3 rings (SSSR count). The Labute approximate surface area is 145 Å². The summed E-state index contributed by atoms with van der Waals surface area (Å²) < 4.78 is 5.49. The SMILES string of the molecule is Cc1cccc2c1CN(C1CCN(C(=O)OC(C)(C)C)CC1)CC2. The topological polar surface area (TPSA) is 32.8 Å². The molecule has 2 aliphatic rings. The van der Waals surface area contributed by atoms with Crippen LogP contribution in [-0.4, -0.2) is 47.2 Å². The Balaban J connectivity index is 1.56. The van der Waals surface area contributed by atoms with Gasteiger partial charge in [0.1, 0.15) is 5.60 Å². The zero-order chi connectivity index (χ0) is 17.3. The average molecular weight is 330 g/mol. The van der Waals surface area contributed by atoms with Gasteiger partial charge in [-0.25, -0.2) is 4.79 Å². The molecule has 0 spiro atoms. The van der Waals surface area contributed by atoms with E-state index in [1.54, 1.807) is 0 Å². The van der Waals surface area contributed by atoms with Crippen molar-refractivity contribution in [1.82, 2.24) is 9.80 Å².